The van der Waals surface area contributed by atoms with Crippen LogP contribution >= 0.6 is 11.8 Å². The van der Waals surface area contributed by atoms with Crippen molar-refractivity contribution < 1.29 is 5.11 Å². The van der Waals surface area contributed by atoms with Crippen molar-refractivity contribution in [2.45, 2.75) is 17.9 Å². The molecule has 8 heteroatoms. The fraction of sp³-hybridized carbons (Fsp3) is 0.444. The molecule has 1 fully saturated rings. The van der Waals surface area contributed by atoms with Crippen LogP contribution in [0.3, 0.4) is 0 Å². The van der Waals surface area contributed by atoms with Crippen LogP contribution in [-0.4, -0.2) is 51.5 Å². The van der Waals surface area contributed by atoms with E-state index in [1.54, 1.807) is 0 Å². The van der Waals surface area contributed by atoms with Gasteiger partial charge in [0.1, 0.15) is 18.1 Å². The van der Waals surface area contributed by atoms with Gasteiger partial charge in [-0.05, 0) is 5.56 Å². The van der Waals surface area contributed by atoms with Crippen molar-refractivity contribution in [2.24, 2.45) is 16.1 Å². The lowest BCUT2D eigenvalue weighted by molar-refractivity contribution is 0.149. The summed E-state index contributed by atoms with van der Waals surface area (Å²) in [6.07, 6.45) is 1.16. The molecular formula is C18H22N6OS. The van der Waals surface area contributed by atoms with E-state index in [4.69, 9.17) is 5.73 Å². The number of anilines is 1. The smallest absolute Gasteiger partial charge is 0.155 e. The first-order valence-corrected chi connectivity index (χ1v) is 9.89. The third kappa shape index (κ3) is 3.72. The Morgan fingerprint density at radius 3 is 2.88 bits per heavy atom. The quantitative estimate of drug-likeness (QED) is 0.810. The van der Waals surface area contributed by atoms with E-state index in [1.807, 2.05) is 17.8 Å². The van der Waals surface area contributed by atoms with Gasteiger partial charge in [0.05, 0.1) is 6.10 Å². The molecule has 3 atom stereocenters. The Hall–Kier alpha value is -2.03. The van der Waals surface area contributed by atoms with Gasteiger partial charge in [-0.3, -0.25) is 4.90 Å². The van der Waals surface area contributed by atoms with Crippen LogP contribution in [0.15, 0.2) is 46.9 Å². The Morgan fingerprint density at radius 1 is 1.19 bits per heavy atom. The molecule has 7 nitrogen and oxygen atoms in total. The number of benzene rings is 1. The Labute approximate surface area is 156 Å². The molecule has 0 amide bonds. The SMILES string of the molecule is Nc1ncnc2c1N=NC2CN1C[C@H](CSCc2ccccc2)[C@@H](O)C1. The van der Waals surface area contributed by atoms with Gasteiger partial charge in [0.25, 0.3) is 0 Å². The molecule has 0 spiro atoms. The molecule has 2 aliphatic heterocycles. The van der Waals surface area contributed by atoms with Crippen LogP contribution in [0.2, 0.25) is 0 Å². The predicted molar refractivity (Wildman–Crippen MR) is 102 cm³/mol. The molecule has 1 aromatic heterocycles. The molecule has 1 aromatic carbocycles. The number of hydrogen-bond donors (Lipinski definition) is 2. The maximum atomic E-state index is 10.4. The van der Waals surface area contributed by atoms with Crippen LogP contribution < -0.4 is 5.73 Å². The molecule has 136 valence electrons. The lowest BCUT2D eigenvalue weighted by atomic mass is 10.1. The predicted octanol–water partition coefficient (Wildman–Crippen LogP) is 2.42. The van der Waals surface area contributed by atoms with E-state index in [0.29, 0.717) is 24.6 Å². The number of aliphatic hydroxyl groups excluding tert-OH is 1. The molecule has 4 rings (SSSR count). The second kappa shape index (κ2) is 7.69. The fourth-order valence-electron chi connectivity index (χ4n) is 3.46. The van der Waals surface area contributed by atoms with Crippen molar-refractivity contribution in [3.8, 4) is 0 Å². The van der Waals surface area contributed by atoms with E-state index in [1.165, 1.54) is 11.9 Å². The summed E-state index contributed by atoms with van der Waals surface area (Å²) >= 11 is 1.88. The molecule has 0 radical (unpaired) electrons. The van der Waals surface area contributed by atoms with Crippen LogP contribution in [-0.2, 0) is 5.75 Å². The minimum absolute atomic E-state index is 0.127. The topological polar surface area (TPSA) is 100.0 Å². The van der Waals surface area contributed by atoms with E-state index < -0.39 is 0 Å². The van der Waals surface area contributed by atoms with Gasteiger partial charge in [-0.25, -0.2) is 9.97 Å². The number of nitrogens with zero attached hydrogens (tertiary/aromatic N) is 5. The van der Waals surface area contributed by atoms with E-state index in [0.717, 1.165) is 23.7 Å². The van der Waals surface area contributed by atoms with Gasteiger partial charge in [0.15, 0.2) is 11.5 Å². The maximum absolute atomic E-state index is 10.4. The molecule has 2 aromatic rings. The number of thioether (sulfide) groups is 1. The van der Waals surface area contributed by atoms with Crippen LogP contribution in [0, 0.1) is 5.92 Å². The summed E-state index contributed by atoms with van der Waals surface area (Å²) in [5, 5.41) is 18.8. The van der Waals surface area contributed by atoms with Crippen LogP contribution in [0.25, 0.3) is 0 Å². The van der Waals surface area contributed by atoms with Crippen molar-refractivity contribution >= 4 is 23.3 Å². The number of fused-ring (bicyclic) bond motifs is 1. The van der Waals surface area contributed by atoms with Crippen LogP contribution in [0.4, 0.5) is 11.5 Å². The van der Waals surface area contributed by atoms with Gasteiger partial charge in [0, 0.05) is 37.1 Å². The van der Waals surface area contributed by atoms with Crippen molar-refractivity contribution in [2.75, 3.05) is 31.1 Å². The molecular weight excluding hydrogens is 348 g/mol. The normalized spacial score (nSPS) is 24.9. The number of likely N-dealkylation sites (tertiary alicyclic amines) is 1. The number of hydrogen-bond acceptors (Lipinski definition) is 8. The molecule has 2 aliphatic rings. The van der Waals surface area contributed by atoms with Crippen molar-refractivity contribution in [1.82, 2.24) is 14.9 Å². The van der Waals surface area contributed by atoms with Gasteiger partial charge < -0.3 is 10.8 Å². The van der Waals surface area contributed by atoms with E-state index in [2.05, 4.69) is 49.4 Å². The zero-order chi connectivity index (χ0) is 17.9. The lowest BCUT2D eigenvalue weighted by Crippen LogP contribution is -2.26. The number of nitrogen functional groups attached to an aromatic ring is 1. The average Bonchev–Trinajstić information content (AvgIpc) is 3.21. The Morgan fingerprint density at radius 2 is 2.04 bits per heavy atom. The summed E-state index contributed by atoms with van der Waals surface area (Å²) < 4.78 is 0. The first-order chi connectivity index (χ1) is 12.7. The average molecular weight is 370 g/mol. The van der Waals surface area contributed by atoms with Gasteiger partial charge in [-0.15, -0.1) is 5.11 Å². The van der Waals surface area contributed by atoms with E-state index in [9.17, 15) is 5.11 Å². The monoisotopic (exact) mass is 370 g/mol. The minimum atomic E-state index is -0.299. The third-order valence-electron chi connectivity index (χ3n) is 4.85. The third-order valence-corrected chi connectivity index (χ3v) is 6.05. The summed E-state index contributed by atoms with van der Waals surface area (Å²) in [5.41, 5.74) is 8.53. The second-order valence-electron chi connectivity index (χ2n) is 6.77. The van der Waals surface area contributed by atoms with Gasteiger partial charge in [-0.1, -0.05) is 30.3 Å². The summed E-state index contributed by atoms with van der Waals surface area (Å²) in [7, 11) is 0. The first-order valence-electron chi connectivity index (χ1n) is 8.74. The number of aliphatic hydroxyl groups is 1. The highest BCUT2D eigenvalue weighted by atomic mass is 32.2. The van der Waals surface area contributed by atoms with Crippen LogP contribution in [0.5, 0.6) is 0 Å². The molecule has 1 unspecified atom stereocenters. The standard InChI is InChI=1S/C18H22N6OS/c19-18-17-16(20-11-21-18)14(22-23-17)7-24-6-13(15(25)8-24)10-26-9-12-4-2-1-3-5-12/h1-5,11,13-15,25H,6-10H2,(H2,19,20,21)/t13-,14?,15+/m1/s1. The number of β-amino-alcohol motifs (C(OH)–C–C–N with tert-alkyl or cyclic N) is 1. The Kier molecular flexibility index (Phi) is 5.14. The summed E-state index contributed by atoms with van der Waals surface area (Å²) in [6, 6.07) is 10.3. The Bertz CT molecular complexity index is 787. The minimum Gasteiger partial charge on any atom is -0.391 e. The zero-order valence-electron chi connectivity index (χ0n) is 14.4. The van der Waals surface area contributed by atoms with Gasteiger partial charge in [-0.2, -0.15) is 16.9 Å². The number of rotatable bonds is 6. The molecule has 3 N–H and O–H groups in total. The summed E-state index contributed by atoms with van der Waals surface area (Å²) in [4.78, 5) is 10.5. The summed E-state index contributed by atoms with van der Waals surface area (Å²) in [5.74, 6) is 2.57. The Balaban J connectivity index is 1.29. The van der Waals surface area contributed by atoms with E-state index in [-0.39, 0.29) is 18.1 Å². The van der Waals surface area contributed by atoms with Gasteiger partial charge in [0.2, 0.25) is 0 Å². The van der Waals surface area contributed by atoms with Crippen molar-refractivity contribution in [3.63, 3.8) is 0 Å². The zero-order valence-corrected chi connectivity index (χ0v) is 15.2. The highest BCUT2D eigenvalue weighted by molar-refractivity contribution is 7.98. The van der Waals surface area contributed by atoms with Crippen molar-refractivity contribution in [1.29, 1.82) is 0 Å². The fourth-order valence-corrected chi connectivity index (χ4v) is 4.64. The second-order valence-corrected chi connectivity index (χ2v) is 7.80. The first kappa shape index (κ1) is 17.4. The van der Waals surface area contributed by atoms with Gasteiger partial charge >= 0.3 is 0 Å². The highest BCUT2D eigenvalue weighted by Gasteiger charge is 2.34. The largest absolute Gasteiger partial charge is 0.391 e. The van der Waals surface area contributed by atoms with E-state index >= 15 is 0 Å². The van der Waals surface area contributed by atoms with Crippen molar-refractivity contribution in [3.05, 3.63) is 47.9 Å². The number of azo groups is 1. The molecule has 26 heavy (non-hydrogen) atoms. The maximum Gasteiger partial charge on any atom is 0.155 e. The number of aromatic nitrogens is 2. The van der Waals surface area contributed by atoms with Crippen LogP contribution in [0.1, 0.15) is 17.3 Å². The molecule has 0 saturated carbocycles. The number of nitrogens with two attached hydrogens (primary N) is 1. The summed E-state index contributed by atoms with van der Waals surface area (Å²) in [6.45, 7) is 2.23. The molecule has 0 bridgehead atoms. The molecule has 0 aliphatic carbocycles. The molecule has 1 saturated heterocycles. The highest BCUT2D eigenvalue weighted by Crippen LogP contribution is 2.38. The lowest BCUT2D eigenvalue weighted by Gasteiger charge is -2.18. The molecule has 3 heterocycles.